The number of hydrogen-bond donors (Lipinski definition) is 0. The van der Waals surface area contributed by atoms with Crippen LogP contribution in [0.5, 0.6) is 0 Å². The molecule has 0 heterocycles. The first-order valence-electron chi connectivity index (χ1n) is 6.30. The topological polar surface area (TPSA) is 34.1 Å². The van der Waals surface area contributed by atoms with Crippen LogP contribution in [0.2, 0.25) is 0 Å². The first-order chi connectivity index (χ1) is 9.56. The number of aryl methyl sites for hydroxylation is 1. The molecule has 2 nitrogen and oxygen atoms in total. The summed E-state index contributed by atoms with van der Waals surface area (Å²) in [4.78, 5) is 12.6. The summed E-state index contributed by atoms with van der Waals surface area (Å²) in [6.45, 7) is 1.96. The molecule has 0 fully saturated rings. The minimum absolute atomic E-state index is 0.120. The van der Waals surface area contributed by atoms with Crippen molar-refractivity contribution in [1.29, 1.82) is 0 Å². The van der Waals surface area contributed by atoms with E-state index in [9.17, 15) is 13.4 Å². The molecule has 0 radical (unpaired) electrons. The van der Waals surface area contributed by atoms with Gasteiger partial charge in [-0.05, 0) is 43.3 Å². The quantitative estimate of drug-likeness (QED) is 0.790. The maximum atomic E-state index is 12.8. The molecule has 2 aromatic rings. The maximum Gasteiger partial charge on any atom is 0.163 e. The first kappa shape index (κ1) is 14.6. The molecule has 2 rings (SSSR count). The van der Waals surface area contributed by atoms with Crippen molar-refractivity contribution in [3.63, 3.8) is 0 Å². The van der Waals surface area contributed by atoms with Gasteiger partial charge in [0.1, 0.15) is 5.82 Å². The number of rotatable bonds is 5. The van der Waals surface area contributed by atoms with E-state index in [0.717, 1.165) is 10.5 Å². The molecule has 2 aromatic carbocycles. The van der Waals surface area contributed by atoms with Gasteiger partial charge in [-0.2, -0.15) is 0 Å². The summed E-state index contributed by atoms with van der Waals surface area (Å²) in [6.07, 6.45) is 0.187. The Morgan fingerprint density at radius 3 is 2.25 bits per heavy atom. The molecule has 0 saturated carbocycles. The number of Topliss-reactive ketones (excluding diaryl/α,β-unsaturated/α-hetero) is 1. The molecule has 4 heteroatoms. The second-order valence-electron chi connectivity index (χ2n) is 4.54. The molecule has 0 aliphatic rings. The van der Waals surface area contributed by atoms with Gasteiger partial charge in [0.15, 0.2) is 5.78 Å². The van der Waals surface area contributed by atoms with Crippen molar-refractivity contribution in [3.8, 4) is 0 Å². The van der Waals surface area contributed by atoms with Gasteiger partial charge in [0.25, 0.3) is 0 Å². The summed E-state index contributed by atoms with van der Waals surface area (Å²) < 4.78 is 24.8. The average Bonchev–Trinajstić information content (AvgIpc) is 2.46. The molecule has 1 unspecified atom stereocenters. The standard InChI is InChI=1S/C16H15FO2S/c1-12-2-8-15(9-3-12)20(19)11-10-16(18)13-4-6-14(17)7-5-13/h2-9H,10-11H2,1H3. The number of ketones is 1. The van der Waals surface area contributed by atoms with E-state index in [2.05, 4.69) is 0 Å². The van der Waals surface area contributed by atoms with Crippen molar-refractivity contribution in [2.75, 3.05) is 5.75 Å². The van der Waals surface area contributed by atoms with Crippen molar-refractivity contribution in [3.05, 3.63) is 65.5 Å². The third-order valence-electron chi connectivity index (χ3n) is 2.96. The Balaban J connectivity index is 1.94. The van der Waals surface area contributed by atoms with Crippen LogP contribution in [0, 0.1) is 12.7 Å². The lowest BCUT2D eigenvalue weighted by Gasteiger charge is -2.03. The predicted octanol–water partition coefficient (Wildman–Crippen LogP) is 3.51. The third kappa shape index (κ3) is 3.84. The molecule has 0 bridgehead atoms. The zero-order chi connectivity index (χ0) is 14.5. The van der Waals surface area contributed by atoms with E-state index < -0.39 is 10.8 Å². The summed E-state index contributed by atoms with van der Waals surface area (Å²) >= 11 is 0. The van der Waals surface area contributed by atoms with Crippen LogP contribution >= 0.6 is 0 Å². The third-order valence-corrected chi connectivity index (χ3v) is 4.34. The van der Waals surface area contributed by atoms with E-state index >= 15 is 0 Å². The average molecular weight is 290 g/mol. The Kier molecular flexibility index (Phi) is 4.79. The van der Waals surface area contributed by atoms with Gasteiger partial charge in [-0.3, -0.25) is 9.00 Å². The van der Waals surface area contributed by atoms with Crippen LogP contribution in [-0.4, -0.2) is 15.7 Å². The second-order valence-corrected chi connectivity index (χ2v) is 6.11. The highest BCUT2D eigenvalue weighted by molar-refractivity contribution is 7.85. The molecule has 0 N–H and O–H groups in total. The van der Waals surface area contributed by atoms with Crippen molar-refractivity contribution in [1.82, 2.24) is 0 Å². The van der Waals surface area contributed by atoms with Gasteiger partial charge in [0.2, 0.25) is 0 Å². The first-order valence-corrected chi connectivity index (χ1v) is 7.62. The Morgan fingerprint density at radius 2 is 1.65 bits per heavy atom. The fourth-order valence-corrected chi connectivity index (χ4v) is 2.82. The SMILES string of the molecule is Cc1ccc(S(=O)CCC(=O)c2ccc(F)cc2)cc1. The lowest BCUT2D eigenvalue weighted by molar-refractivity contribution is 0.0989. The molecule has 0 aliphatic heterocycles. The molecular formula is C16H15FO2S. The monoisotopic (exact) mass is 290 g/mol. The Bertz CT molecular complexity index is 560. The van der Waals surface area contributed by atoms with Crippen molar-refractivity contribution in [2.45, 2.75) is 18.2 Å². The Hall–Kier alpha value is -1.81. The second kappa shape index (κ2) is 6.57. The fourth-order valence-electron chi connectivity index (χ4n) is 1.77. The van der Waals surface area contributed by atoms with E-state index in [0.29, 0.717) is 5.56 Å². The van der Waals surface area contributed by atoms with Gasteiger partial charge in [-0.1, -0.05) is 17.7 Å². The molecule has 20 heavy (non-hydrogen) atoms. The van der Waals surface area contributed by atoms with Crippen LogP contribution < -0.4 is 0 Å². The van der Waals surface area contributed by atoms with Crippen molar-refractivity contribution < 1.29 is 13.4 Å². The number of benzene rings is 2. The van der Waals surface area contributed by atoms with E-state index in [1.165, 1.54) is 24.3 Å². The number of halogens is 1. The van der Waals surface area contributed by atoms with E-state index in [1.54, 1.807) is 0 Å². The summed E-state index contributed by atoms with van der Waals surface area (Å²) in [5.74, 6) is -0.213. The van der Waals surface area contributed by atoms with Crippen LogP contribution in [0.3, 0.4) is 0 Å². The normalized spacial score (nSPS) is 12.1. The fraction of sp³-hybridized carbons (Fsp3) is 0.188. The van der Waals surface area contributed by atoms with Crippen LogP contribution in [0.1, 0.15) is 22.3 Å². The molecule has 104 valence electrons. The summed E-state index contributed by atoms with van der Waals surface area (Å²) in [5.41, 5.74) is 1.56. The number of hydrogen-bond acceptors (Lipinski definition) is 2. The number of carbonyl (C=O) groups excluding carboxylic acids is 1. The lowest BCUT2D eigenvalue weighted by Crippen LogP contribution is -2.06. The van der Waals surface area contributed by atoms with Gasteiger partial charge in [0.05, 0.1) is 10.8 Å². The predicted molar refractivity (Wildman–Crippen MR) is 77.8 cm³/mol. The van der Waals surface area contributed by atoms with Crippen LogP contribution in [0.15, 0.2) is 53.4 Å². The summed E-state index contributed by atoms with van der Waals surface area (Å²) in [5, 5.41) is 0. The molecule has 0 aliphatic carbocycles. The zero-order valence-electron chi connectivity index (χ0n) is 11.1. The van der Waals surface area contributed by atoms with Crippen LogP contribution in [-0.2, 0) is 10.8 Å². The summed E-state index contributed by atoms with van der Waals surface area (Å²) in [6, 6.07) is 12.8. The van der Waals surface area contributed by atoms with Gasteiger partial charge in [-0.15, -0.1) is 0 Å². The van der Waals surface area contributed by atoms with Gasteiger partial charge >= 0.3 is 0 Å². The highest BCUT2D eigenvalue weighted by atomic mass is 32.2. The van der Waals surface area contributed by atoms with Crippen LogP contribution in [0.25, 0.3) is 0 Å². The molecule has 0 spiro atoms. The van der Waals surface area contributed by atoms with E-state index in [-0.39, 0.29) is 23.8 Å². The highest BCUT2D eigenvalue weighted by Gasteiger charge is 2.10. The highest BCUT2D eigenvalue weighted by Crippen LogP contribution is 2.11. The van der Waals surface area contributed by atoms with Crippen LogP contribution in [0.4, 0.5) is 4.39 Å². The summed E-state index contributed by atoms with van der Waals surface area (Å²) in [7, 11) is -1.19. The van der Waals surface area contributed by atoms with Crippen molar-refractivity contribution in [2.24, 2.45) is 0 Å². The lowest BCUT2D eigenvalue weighted by atomic mass is 10.1. The zero-order valence-corrected chi connectivity index (χ0v) is 12.0. The van der Waals surface area contributed by atoms with E-state index in [1.807, 2.05) is 31.2 Å². The molecule has 0 saturated heterocycles. The minimum Gasteiger partial charge on any atom is -0.294 e. The Morgan fingerprint density at radius 1 is 1.05 bits per heavy atom. The molecule has 1 atom stereocenters. The minimum atomic E-state index is -1.19. The van der Waals surface area contributed by atoms with Gasteiger partial charge in [0, 0.05) is 22.6 Å². The Labute approximate surface area is 120 Å². The van der Waals surface area contributed by atoms with Crippen molar-refractivity contribution >= 4 is 16.6 Å². The van der Waals surface area contributed by atoms with E-state index in [4.69, 9.17) is 0 Å². The maximum absolute atomic E-state index is 12.8. The molecular weight excluding hydrogens is 275 g/mol. The van der Waals surface area contributed by atoms with Gasteiger partial charge < -0.3 is 0 Å². The number of carbonyl (C=O) groups is 1. The van der Waals surface area contributed by atoms with Gasteiger partial charge in [-0.25, -0.2) is 4.39 Å². The molecule has 0 amide bonds. The smallest absolute Gasteiger partial charge is 0.163 e. The molecule has 0 aromatic heterocycles. The largest absolute Gasteiger partial charge is 0.294 e.